The van der Waals surface area contributed by atoms with E-state index >= 15 is 0 Å². The highest BCUT2D eigenvalue weighted by atomic mass is 16.5. The van der Waals surface area contributed by atoms with Crippen LogP contribution in [0.15, 0.2) is 24.3 Å². The van der Waals surface area contributed by atoms with Gasteiger partial charge >= 0.3 is 5.97 Å². The Morgan fingerprint density at radius 2 is 0.787 bits per heavy atom. The van der Waals surface area contributed by atoms with E-state index in [-0.39, 0.29) is 24.9 Å². The van der Waals surface area contributed by atoms with Gasteiger partial charge in [-0.15, -0.1) is 0 Å². The molecule has 0 radical (unpaired) electrons. The summed E-state index contributed by atoms with van der Waals surface area (Å²) in [4.78, 5) is 26.1. The summed E-state index contributed by atoms with van der Waals surface area (Å²) in [5, 5.41) is 23.8. The van der Waals surface area contributed by atoms with Crippen molar-refractivity contribution in [2.24, 2.45) is 0 Å². The van der Waals surface area contributed by atoms with Crippen LogP contribution < -0.4 is 5.32 Å². The Balaban J connectivity index is 4.53. The molecule has 3 N–H and O–H groups in total. The van der Waals surface area contributed by atoms with Gasteiger partial charge in [-0.3, -0.25) is 9.59 Å². The number of rotatable bonds is 49. The smallest absolute Gasteiger partial charge is 0.306 e. The van der Waals surface area contributed by atoms with Crippen LogP contribution in [-0.4, -0.2) is 46.9 Å². The summed E-state index contributed by atoms with van der Waals surface area (Å²) in [5.41, 5.74) is 0. The molecule has 0 aliphatic heterocycles. The molecule has 0 bridgehead atoms. The van der Waals surface area contributed by atoms with Crippen molar-refractivity contribution in [1.82, 2.24) is 5.32 Å². The van der Waals surface area contributed by atoms with Crippen LogP contribution in [0, 0.1) is 0 Å². The maximum atomic E-state index is 13.2. The van der Waals surface area contributed by atoms with E-state index in [1.807, 2.05) is 0 Å². The quantitative estimate of drug-likeness (QED) is 0.0322. The Hall–Kier alpha value is -1.66. The second kappa shape index (κ2) is 49.4. The number of aliphatic hydroxyl groups excluding tert-OH is 2. The van der Waals surface area contributed by atoms with Crippen LogP contribution in [0.3, 0.4) is 0 Å². The highest BCUT2D eigenvalue weighted by Crippen LogP contribution is 2.18. The summed E-state index contributed by atoms with van der Waals surface area (Å²) in [6.45, 7) is 6.48. The van der Waals surface area contributed by atoms with Crippen molar-refractivity contribution in [2.45, 2.75) is 309 Å². The second-order valence-corrected chi connectivity index (χ2v) is 18.6. The molecule has 0 spiro atoms. The molecule has 61 heavy (non-hydrogen) atoms. The summed E-state index contributed by atoms with van der Waals surface area (Å²) in [6.07, 6.45) is 56.7. The maximum Gasteiger partial charge on any atom is 0.306 e. The molecule has 0 saturated heterocycles. The number of ether oxygens (including phenoxy) is 1. The van der Waals surface area contributed by atoms with Gasteiger partial charge in [-0.05, 0) is 77.0 Å². The standard InChI is InChI=1S/C55H105NO5/c1-4-7-10-13-16-19-22-25-26-27-30-32-35-38-41-44-47-53(58)52(50-57)56-54(59)49-51(46-43-40-37-34-31-28-23-20-17-14-11-8-5-2)61-55(60)48-45-42-39-36-33-29-24-21-18-15-12-9-6-3/h20,23,29,33,51-53,57-58H,4-19,21-22,24-28,30-32,34-50H2,1-3H3,(H,56,59)/b23-20-,33-29-. The van der Waals surface area contributed by atoms with Crippen LogP contribution in [0.5, 0.6) is 0 Å². The lowest BCUT2D eigenvalue weighted by molar-refractivity contribution is -0.151. The van der Waals surface area contributed by atoms with Crippen molar-refractivity contribution in [2.75, 3.05) is 6.61 Å². The first-order valence-corrected chi connectivity index (χ1v) is 27.1. The van der Waals surface area contributed by atoms with Gasteiger partial charge in [0.05, 0.1) is 25.2 Å². The number of hydrogen-bond acceptors (Lipinski definition) is 5. The van der Waals surface area contributed by atoms with Crippen molar-refractivity contribution < 1.29 is 24.5 Å². The van der Waals surface area contributed by atoms with E-state index in [4.69, 9.17) is 4.74 Å². The normalized spacial score (nSPS) is 13.3. The Morgan fingerprint density at radius 3 is 1.18 bits per heavy atom. The number of allylic oxidation sites excluding steroid dienone is 4. The molecule has 0 aliphatic rings. The second-order valence-electron chi connectivity index (χ2n) is 18.6. The molecule has 360 valence electrons. The third-order valence-electron chi connectivity index (χ3n) is 12.5. The number of carbonyl (C=O) groups excluding carboxylic acids is 2. The van der Waals surface area contributed by atoms with Gasteiger partial charge in [0.25, 0.3) is 0 Å². The summed E-state index contributed by atoms with van der Waals surface area (Å²) >= 11 is 0. The maximum absolute atomic E-state index is 13.2. The van der Waals surface area contributed by atoms with Gasteiger partial charge in [0.1, 0.15) is 6.10 Å². The van der Waals surface area contributed by atoms with E-state index in [1.54, 1.807) is 0 Å². The molecular formula is C55H105NO5. The number of amides is 1. The molecule has 6 heteroatoms. The molecule has 0 aromatic rings. The van der Waals surface area contributed by atoms with E-state index < -0.39 is 18.2 Å². The van der Waals surface area contributed by atoms with Crippen molar-refractivity contribution in [1.29, 1.82) is 0 Å². The lowest BCUT2D eigenvalue weighted by atomic mass is 10.0. The minimum atomic E-state index is -0.789. The fourth-order valence-electron chi connectivity index (χ4n) is 8.36. The third-order valence-corrected chi connectivity index (χ3v) is 12.5. The first kappa shape index (κ1) is 59.3. The van der Waals surface area contributed by atoms with Crippen LogP contribution in [-0.2, 0) is 14.3 Å². The minimum Gasteiger partial charge on any atom is -0.462 e. The zero-order valence-corrected chi connectivity index (χ0v) is 41.1. The Bertz CT molecular complexity index is 966. The molecule has 3 atom stereocenters. The van der Waals surface area contributed by atoms with Gasteiger partial charge in [0, 0.05) is 6.42 Å². The van der Waals surface area contributed by atoms with Crippen LogP contribution in [0.2, 0.25) is 0 Å². The zero-order chi connectivity index (χ0) is 44.5. The van der Waals surface area contributed by atoms with Crippen LogP contribution in [0.4, 0.5) is 0 Å². The van der Waals surface area contributed by atoms with E-state index in [1.165, 1.54) is 180 Å². The SMILES string of the molecule is CCCCCC/C=C\CCCCCCCC(CC(=O)NC(CO)C(O)CCCCCCCCCCCCCCCCCC)OC(=O)CCCCC/C=C\CCCCCCCC. The van der Waals surface area contributed by atoms with Crippen molar-refractivity contribution >= 4 is 11.9 Å². The van der Waals surface area contributed by atoms with E-state index in [2.05, 4.69) is 50.4 Å². The van der Waals surface area contributed by atoms with Gasteiger partial charge in [0.2, 0.25) is 5.91 Å². The lowest BCUT2D eigenvalue weighted by Crippen LogP contribution is -2.46. The van der Waals surface area contributed by atoms with Crippen molar-refractivity contribution in [3.8, 4) is 0 Å². The average Bonchev–Trinajstić information content (AvgIpc) is 3.25. The van der Waals surface area contributed by atoms with Gasteiger partial charge < -0.3 is 20.3 Å². The number of hydrogen-bond donors (Lipinski definition) is 3. The monoisotopic (exact) mass is 860 g/mol. The molecular weight excluding hydrogens is 755 g/mol. The third kappa shape index (κ3) is 44.7. The molecule has 0 aliphatic carbocycles. The topological polar surface area (TPSA) is 95.9 Å². The summed E-state index contributed by atoms with van der Waals surface area (Å²) in [7, 11) is 0. The van der Waals surface area contributed by atoms with Crippen molar-refractivity contribution in [3.63, 3.8) is 0 Å². The van der Waals surface area contributed by atoms with Crippen LogP contribution >= 0.6 is 0 Å². The van der Waals surface area contributed by atoms with Crippen molar-refractivity contribution in [3.05, 3.63) is 24.3 Å². The molecule has 0 heterocycles. The van der Waals surface area contributed by atoms with Gasteiger partial charge in [-0.2, -0.15) is 0 Å². The predicted octanol–water partition coefficient (Wildman–Crippen LogP) is 16.3. The zero-order valence-electron chi connectivity index (χ0n) is 41.1. The molecule has 0 fully saturated rings. The van der Waals surface area contributed by atoms with Gasteiger partial charge in [0.15, 0.2) is 0 Å². The molecule has 6 nitrogen and oxygen atoms in total. The number of esters is 1. The Morgan fingerprint density at radius 1 is 0.459 bits per heavy atom. The molecule has 1 amide bonds. The summed E-state index contributed by atoms with van der Waals surface area (Å²) < 4.78 is 5.93. The summed E-state index contributed by atoms with van der Waals surface area (Å²) in [6, 6.07) is -0.703. The predicted molar refractivity (Wildman–Crippen MR) is 264 cm³/mol. The van der Waals surface area contributed by atoms with Crippen LogP contribution in [0.1, 0.15) is 290 Å². The van der Waals surface area contributed by atoms with E-state index in [0.717, 1.165) is 64.2 Å². The highest BCUT2D eigenvalue weighted by molar-refractivity contribution is 5.77. The molecule has 0 rings (SSSR count). The Kier molecular flexibility index (Phi) is 48.0. The van der Waals surface area contributed by atoms with Crippen LogP contribution in [0.25, 0.3) is 0 Å². The minimum absolute atomic E-state index is 0.0699. The lowest BCUT2D eigenvalue weighted by Gasteiger charge is -2.24. The molecule has 0 aromatic carbocycles. The number of aliphatic hydroxyl groups is 2. The fourth-order valence-corrected chi connectivity index (χ4v) is 8.36. The molecule has 0 saturated carbocycles. The fraction of sp³-hybridized carbons (Fsp3) is 0.891. The first-order valence-electron chi connectivity index (χ1n) is 27.1. The average molecular weight is 860 g/mol. The molecule has 3 unspecified atom stereocenters. The number of unbranched alkanes of at least 4 members (excludes halogenated alkanes) is 33. The Labute approximate surface area is 380 Å². The number of carbonyl (C=O) groups is 2. The van der Waals surface area contributed by atoms with Gasteiger partial charge in [-0.25, -0.2) is 0 Å². The summed E-state index contributed by atoms with van der Waals surface area (Å²) in [5.74, 6) is -0.489. The first-order chi connectivity index (χ1) is 30.0. The molecule has 0 aromatic heterocycles. The van der Waals surface area contributed by atoms with E-state index in [9.17, 15) is 19.8 Å². The number of nitrogens with one attached hydrogen (secondary N) is 1. The van der Waals surface area contributed by atoms with Gasteiger partial charge in [-0.1, -0.05) is 225 Å². The van der Waals surface area contributed by atoms with E-state index in [0.29, 0.717) is 19.3 Å². The highest BCUT2D eigenvalue weighted by Gasteiger charge is 2.24. The largest absolute Gasteiger partial charge is 0.462 e.